The predicted octanol–water partition coefficient (Wildman–Crippen LogP) is 3.64. The van der Waals surface area contributed by atoms with Crippen LogP contribution >= 0.6 is 0 Å². The minimum absolute atomic E-state index is 0.0157. The van der Waals surface area contributed by atoms with Crippen molar-refractivity contribution < 1.29 is 38.8 Å². The summed E-state index contributed by atoms with van der Waals surface area (Å²) < 4.78 is 121. The van der Waals surface area contributed by atoms with Gasteiger partial charge in [-0.1, -0.05) is 42.5 Å². The van der Waals surface area contributed by atoms with Gasteiger partial charge in [0.15, 0.2) is 11.6 Å². The predicted molar refractivity (Wildman–Crippen MR) is 134 cm³/mol. The van der Waals surface area contributed by atoms with Crippen LogP contribution in [-0.2, 0) is 19.9 Å². The highest BCUT2D eigenvalue weighted by molar-refractivity contribution is 7.90. The maximum atomic E-state index is 15.5. The maximum Gasteiger partial charge on any atom is 0.409 e. The van der Waals surface area contributed by atoms with Crippen LogP contribution in [0.1, 0.15) is 29.3 Å². The molecule has 2 unspecified atom stereocenters. The van der Waals surface area contributed by atoms with Gasteiger partial charge in [0.2, 0.25) is 25.0 Å². The first kappa shape index (κ1) is 29.2. The van der Waals surface area contributed by atoms with E-state index in [-0.39, 0.29) is 15.5 Å². The van der Waals surface area contributed by atoms with Gasteiger partial charge in [-0.25, -0.2) is 35.7 Å². The van der Waals surface area contributed by atoms with Crippen LogP contribution in [0.4, 0.5) is 22.0 Å². The molecule has 2 aromatic heterocycles. The Morgan fingerprint density at radius 1 is 0.950 bits per heavy atom. The SMILES string of the molecule is CC(n1c(=O)c(-c2ccc(C(c3ccccc3)S(N)(=O)=O)c(F)c2F)cc2cnc(S(C)(=O)=O)nc21)C(F)(F)F. The summed E-state index contributed by atoms with van der Waals surface area (Å²) in [7, 11) is -8.63. The zero-order chi connectivity index (χ0) is 29.8. The fourth-order valence-corrected chi connectivity index (χ4v) is 5.70. The molecule has 0 amide bonds. The number of rotatable bonds is 6. The first-order chi connectivity index (χ1) is 18.4. The second kappa shape index (κ2) is 10.0. The number of nitrogens with zero attached hydrogens (tertiary/aromatic N) is 3. The Morgan fingerprint density at radius 3 is 2.12 bits per heavy atom. The van der Waals surface area contributed by atoms with Crippen molar-refractivity contribution in [1.82, 2.24) is 14.5 Å². The summed E-state index contributed by atoms with van der Waals surface area (Å²) in [5, 5.41) is 2.33. The lowest BCUT2D eigenvalue weighted by molar-refractivity contribution is -0.162. The van der Waals surface area contributed by atoms with E-state index < -0.39 is 82.0 Å². The van der Waals surface area contributed by atoms with Gasteiger partial charge < -0.3 is 0 Å². The van der Waals surface area contributed by atoms with Gasteiger partial charge in [0.1, 0.15) is 16.9 Å². The maximum absolute atomic E-state index is 15.5. The molecule has 9 nitrogen and oxygen atoms in total. The molecule has 4 aromatic rings. The van der Waals surface area contributed by atoms with E-state index in [0.29, 0.717) is 13.2 Å². The molecule has 0 spiro atoms. The quantitative estimate of drug-likeness (QED) is 0.262. The minimum Gasteiger partial charge on any atom is -0.280 e. The summed E-state index contributed by atoms with van der Waals surface area (Å²) in [6, 6.07) is 7.12. The number of hydrogen-bond acceptors (Lipinski definition) is 7. The van der Waals surface area contributed by atoms with Gasteiger partial charge in [0.05, 0.1) is 5.56 Å². The molecule has 2 heterocycles. The smallest absolute Gasteiger partial charge is 0.280 e. The molecule has 212 valence electrons. The van der Waals surface area contributed by atoms with Crippen LogP contribution in [0.2, 0.25) is 0 Å². The Kier molecular flexibility index (Phi) is 7.32. The highest BCUT2D eigenvalue weighted by atomic mass is 32.2. The zero-order valence-corrected chi connectivity index (χ0v) is 22.2. The van der Waals surface area contributed by atoms with Crippen molar-refractivity contribution in [3.63, 3.8) is 0 Å². The Labute approximate surface area is 224 Å². The van der Waals surface area contributed by atoms with Crippen LogP contribution in [0.5, 0.6) is 0 Å². The number of nitrogens with two attached hydrogens (primary N) is 1. The number of halogens is 5. The number of aromatic nitrogens is 3. The first-order valence-electron chi connectivity index (χ1n) is 11.2. The second-order valence-corrected chi connectivity index (χ2v) is 12.4. The van der Waals surface area contributed by atoms with E-state index in [9.17, 15) is 34.8 Å². The van der Waals surface area contributed by atoms with E-state index in [4.69, 9.17) is 5.14 Å². The average molecular weight is 603 g/mol. The molecule has 2 aromatic carbocycles. The Hall–Kier alpha value is -3.76. The Morgan fingerprint density at radius 2 is 1.57 bits per heavy atom. The third kappa shape index (κ3) is 5.33. The van der Waals surface area contributed by atoms with Crippen molar-refractivity contribution in [1.29, 1.82) is 0 Å². The average Bonchev–Trinajstić information content (AvgIpc) is 2.85. The van der Waals surface area contributed by atoms with Gasteiger partial charge in [-0.05, 0) is 18.6 Å². The summed E-state index contributed by atoms with van der Waals surface area (Å²) in [5.74, 6) is -3.42. The van der Waals surface area contributed by atoms with Crippen molar-refractivity contribution in [3.8, 4) is 11.1 Å². The standard InChI is InChI=1S/C24H19F5N4O5S2/c1-12(24(27,28)29)33-21-14(11-31-23(32-21)39(2,35)36)10-17(22(33)34)15-8-9-16(19(26)18(15)25)20(40(30,37)38)13-6-4-3-5-7-13/h3-12,20H,1-2H3,(H2,30,37,38). The number of benzene rings is 2. The fourth-order valence-electron chi connectivity index (χ4n) is 4.13. The highest BCUT2D eigenvalue weighted by Crippen LogP contribution is 2.36. The van der Waals surface area contributed by atoms with Crippen molar-refractivity contribution in [3.05, 3.63) is 87.8 Å². The number of pyridine rings is 1. The largest absolute Gasteiger partial charge is 0.409 e. The molecule has 0 bridgehead atoms. The van der Waals surface area contributed by atoms with Gasteiger partial charge in [0, 0.05) is 29.0 Å². The molecule has 40 heavy (non-hydrogen) atoms. The summed E-state index contributed by atoms with van der Waals surface area (Å²) in [4.78, 5) is 20.6. The Bertz CT molecular complexity index is 1910. The molecule has 16 heteroatoms. The molecule has 0 saturated carbocycles. The van der Waals surface area contributed by atoms with E-state index in [1.807, 2.05) is 0 Å². The second-order valence-electron chi connectivity index (χ2n) is 8.86. The number of sulfonamides is 1. The van der Waals surface area contributed by atoms with E-state index in [1.165, 1.54) is 24.3 Å². The lowest BCUT2D eigenvalue weighted by atomic mass is 9.98. The molecule has 2 N–H and O–H groups in total. The molecule has 2 atom stereocenters. The molecule has 0 radical (unpaired) electrons. The monoisotopic (exact) mass is 602 g/mol. The van der Waals surface area contributed by atoms with Crippen molar-refractivity contribution in [2.45, 2.75) is 29.5 Å². The molecule has 0 fully saturated rings. The van der Waals surface area contributed by atoms with Crippen LogP contribution < -0.4 is 10.7 Å². The molecule has 0 aliphatic heterocycles. The Balaban J connectivity index is 2.02. The normalized spacial score (nSPS) is 14.3. The summed E-state index contributed by atoms with van der Waals surface area (Å²) in [6.07, 6.45) is -3.49. The molecule has 0 aliphatic carbocycles. The van der Waals surface area contributed by atoms with E-state index in [2.05, 4.69) is 9.97 Å². The number of sulfone groups is 1. The lowest BCUT2D eigenvalue weighted by Gasteiger charge is -2.22. The fraction of sp³-hybridized carbons (Fsp3) is 0.208. The minimum atomic E-state index is -5.03. The van der Waals surface area contributed by atoms with Crippen molar-refractivity contribution >= 4 is 30.9 Å². The van der Waals surface area contributed by atoms with Crippen LogP contribution in [0.3, 0.4) is 0 Å². The van der Waals surface area contributed by atoms with Crippen LogP contribution in [0.25, 0.3) is 22.2 Å². The van der Waals surface area contributed by atoms with Gasteiger partial charge in [0.25, 0.3) is 5.56 Å². The molecule has 0 saturated heterocycles. The van der Waals surface area contributed by atoms with Gasteiger partial charge >= 0.3 is 6.18 Å². The number of hydrogen-bond donors (Lipinski definition) is 1. The van der Waals surface area contributed by atoms with Crippen LogP contribution in [0.15, 0.2) is 64.7 Å². The van der Waals surface area contributed by atoms with E-state index >= 15 is 8.78 Å². The van der Waals surface area contributed by atoms with Gasteiger partial charge in [-0.15, -0.1) is 0 Å². The molecular formula is C24H19F5N4O5S2. The molecule has 4 rings (SSSR count). The number of primary sulfonamides is 1. The molecule has 0 aliphatic rings. The number of fused-ring (bicyclic) bond motifs is 1. The highest BCUT2D eigenvalue weighted by Gasteiger charge is 2.40. The van der Waals surface area contributed by atoms with Crippen LogP contribution in [0, 0.1) is 11.6 Å². The van der Waals surface area contributed by atoms with Crippen molar-refractivity contribution in [2.24, 2.45) is 5.14 Å². The van der Waals surface area contributed by atoms with E-state index in [0.717, 1.165) is 24.4 Å². The van der Waals surface area contributed by atoms with E-state index in [1.54, 1.807) is 6.07 Å². The van der Waals surface area contributed by atoms with Gasteiger partial charge in [-0.2, -0.15) is 18.2 Å². The first-order valence-corrected chi connectivity index (χ1v) is 14.7. The van der Waals surface area contributed by atoms with Crippen LogP contribution in [-0.4, -0.2) is 43.8 Å². The summed E-state index contributed by atoms with van der Waals surface area (Å²) >= 11 is 0. The lowest BCUT2D eigenvalue weighted by Crippen LogP contribution is -2.34. The number of alkyl halides is 3. The van der Waals surface area contributed by atoms with Crippen molar-refractivity contribution in [2.75, 3.05) is 6.26 Å². The van der Waals surface area contributed by atoms with Gasteiger partial charge in [-0.3, -0.25) is 9.36 Å². The third-order valence-electron chi connectivity index (χ3n) is 6.06. The third-order valence-corrected chi connectivity index (χ3v) is 8.10. The summed E-state index contributed by atoms with van der Waals surface area (Å²) in [6.45, 7) is 0.601. The zero-order valence-electron chi connectivity index (χ0n) is 20.5. The summed E-state index contributed by atoms with van der Waals surface area (Å²) in [5.41, 5.74) is -4.38. The topological polar surface area (TPSA) is 142 Å². The molecular weight excluding hydrogens is 583 g/mol.